The summed E-state index contributed by atoms with van der Waals surface area (Å²) in [5.41, 5.74) is 9.75. The number of hydrogen-bond acceptors (Lipinski definition) is 7. The fourth-order valence-electron chi connectivity index (χ4n) is 2.02. The number of nitrogens with one attached hydrogen (secondary N) is 1. The molecule has 0 spiro atoms. The highest BCUT2D eigenvalue weighted by Crippen LogP contribution is 2.11. The molecule has 0 aliphatic heterocycles. The van der Waals surface area contributed by atoms with Crippen molar-refractivity contribution in [1.29, 1.82) is 0 Å². The molecule has 0 unspecified atom stereocenters. The van der Waals surface area contributed by atoms with Crippen LogP contribution in [-0.2, 0) is 28.7 Å². The number of ether oxygens (including phenoxy) is 2. The summed E-state index contributed by atoms with van der Waals surface area (Å²) in [6, 6.07) is -2.07. The summed E-state index contributed by atoms with van der Waals surface area (Å²) in [7, 11) is 0. The minimum absolute atomic E-state index is 0.00519. The van der Waals surface area contributed by atoms with E-state index in [4.69, 9.17) is 20.9 Å². The van der Waals surface area contributed by atoms with Gasteiger partial charge >= 0.3 is 11.9 Å². The van der Waals surface area contributed by atoms with Gasteiger partial charge in [-0.3, -0.25) is 19.2 Å². The normalized spacial score (nSPS) is 14.0. The van der Waals surface area contributed by atoms with Crippen LogP contribution in [0.5, 0.6) is 0 Å². The van der Waals surface area contributed by atoms with Crippen LogP contribution < -0.4 is 16.8 Å². The van der Waals surface area contributed by atoms with E-state index in [0.717, 1.165) is 0 Å². The van der Waals surface area contributed by atoms with Gasteiger partial charge in [0.15, 0.2) is 0 Å². The third-order valence-corrected chi connectivity index (χ3v) is 3.13. The third kappa shape index (κ3) is 12.8. The smallest absolute Gasteiger partial charge is 0.306 e. The topological polar surface area (TPSA) is 151 Å². The van der Waals surface area contributed by atoms with E-state index in [1.54, 1.807) is 41.5 Å². The van der Waals surface area contributed by atoms with E-state index in [-0.39, 0.29) is 25.7 Å². The number of rotatable bonds is 9. The van der Waals surface area contributed by atoms with Crippen molar-refractivity contribution >= 4 is 23.8 Å². The molecule has 0 radical (unpaired) electrons. The second-order valence-corrected chi connectivity index (χ2v) is 8.32. The molecular weight excluding hydrogens is 354 g/mol. The summed E-state index contributed by atoms with van der Waals surface area (Å²) in [4.78, 5) is 47.0. The Bertz CT molecular complexity index is 548. The van der Waals surface area contributed by atoms with Gasteiger partial charge in [-0.25, -0.2) is 0 Å². The molecule has 0 heterocycles. The highest BCUT2D eigenvalue weighted by molar-refractivity contribution is 5.89. The van der Waals surface area contributed by atoms with E-state index in [1.165, 1.54) is 0 Å². The van der Waals surface area contributed by atoms with Gasteiger partial charge in [-0.05, 0) is 54.4 Å². The predicted molar refractivity (Wildman–Crippen MR) is 99.3 cm³/mol. The van der Waals surface area contributed by atoms with Gasteiger partial charge < -0.3 is 26.3 Å². The second kappa shape index (κ2) is 10.2. The van der Waals surface area contributed by atoms with Gasteiger partial charge in [0, 0.05) is 12.8 Å². The van der Waals surface area contributed by atoms with Crippen LogP contribution >= 0.6 is 0 Å². The molecule has 0 aromatic rings. The standard InChI is InChI=1S/C18H33N3O6/c1-17(2,3)26-13(22)9-7-11(19)16(25)21-12(15(20)24)8-10-14(23)27-18(4,5)6/h11-12H,7-10,19H2,1-6H3,(H2,20,24)(H,21,25)/t11-,12-/m0/s1. The van der Waals surface area contributed by atoms with Crippen LogP contribution in [0.4, 0.5) is 0 Å². The van der Waals surface area contributed by atoms with Crippen LogP contribution in [0.1, 0.15) is 67.2 Å². The van der Waals surface area contributed by atoms with E-state index in [2.05, 4.69) is 5.32 Å². The monoisotopic (exact) mass is 387 g/mol. The lowest BCUT2D eigenvalue weighted by molar-refractivity contribution is -0.156. The van der Waals surface area contributed by atoms with Crippen LogP contribution in [0.25, 0.3) is 0 Å². The van der Waals surface area contributed by atoms with Gasteiger partial charge in [0.2, 0.25) is 11.8 Å². The molecule has 0 aliphatic carbocycles. The van der Waals surface area contributed by atoms with Gasteiger partial charge in [0.1, 0.15) is 17.2 Å². The first-order valence-corrected chi connectivity index (χ1v) is 8.89. The van der Waals surface area contributed by atoms with Crippen molar-refractivity contribution in [3.05, 3.63) is 0 Å². The van der Waals surface area contributed by atoms with Gasteiger partial charge in [-0.2, -0.15) is 0 Å². The van der Waals surface area contributed by atoms with Crippen LogP contribution in [0.2, 0.25) is 0 Å². The fraction of sp³-hybridized carbons (Fsp3) is 0.778. The van der Waals surface area contributed by atoms with Crippen molar-refractivity contribution in [1.82, 2.24) is 5.32 Å². The van der Waals surface area contributed by atoms with Crippen molar-refractivity contribution < 1.29 is 28.7 Å². The molecule has 5 N–H and O–H groups in total. The Balaban J connectivity index is 4.51. The average Bonchev–Trinajstić information content (AvgIpc) is 2.44. The SMILES string of the molecule is CC(C)(C)OC(=O)CC[C@H](NC(=O)[C@@H](N)CCC(=O)OC(C)(C)C)C(N)=O. The Morgan fingerprint density at radius 1 is 0.852 bits per heavy atom. The third-order valence-electron chi connectivity index (χ3n) is 3.13. The minimum atomic E-state index is -1.06. The molecule has 2 amide bonds. The summed E-state index contributed by atoms with van der Waals surface area (Å²) in [6.45, 7) is 10.4. The molecule has 0 fully saturated rings. The molecule has 9 heteroatoms. The Kier molecular flexibility index (Phi) is 9.43. The maximum atomic E-state index is 12.1. The molecule has 0 aromatic carbocycles. The molecule has 0 saturated heterocycles. The summed E-state index contributed by atoms with van der Waals surface area (Å²) in [5, 5.41) is 2.41. The van der Waals surface area contributed by atoms with E-state index < -0.39 is 47.0 Å². The lowest BCUT2D eigenvalue weighted by Crippen LogP contribution is -2.50. The van der Waals surface area contributed by atoms with Gasteiger partial charge in [0.05, 0.1) is 6.04 Å². The first kappa shape index (κ1) is 24.8. The Labute approximate surface area is 160 Å². The lowest BCUT2D eigenvalue weighted by Gasteiger charge is -2.22. The highest BCUT2D eigenvalue weighted by Gasteiger charge is 2.25. The zero-order chi connectivity index (χ0) is 21.4. The predicted octanol–water partition coefficient (Wildman–Crippen LogP) is 0.528. The first-order chi connectivity index (χ1) is 12.1. The van der Waals surface area contributed by atoms with E-state index in [1.807, 2.05) is 0 Å². The van der Waals surface area contributed by atoms with E-state index >= 15 is 0 Å². The van der Waals surface area contributed by atoms with Crippen molar-refractivity contribution in [2.45, 2.75) is 90.5 Å². The fourth-order valence-corrected chi connectivity index (χ4v) is 2.02. The molecular formula is C18H33N3O6. The molecule has 9 nitrogen and oxygen atoms in total. The van der Waals surface area contributed by atoms with Crippen LogP contribution in [0.3, 0.4) is 0 Å². The van der Waals surface area contributed by atoms with Crippen molar-refractivity contribution in [3.63, 3.8) is 0 Å². The van der Waals surface area contributed by atoms with Gasteiger partial charge in [-0.1, -0.05) is 0 Å². The molecule has 0 rings (SSSR count). The van der Waals surface area contributed by atoms with E-state index in [9.17, 15) is 19.2 Å². The Hall–Kier alpha value is -2.16. The molecule has 27 heavy (non-hydrogen) atoms. The number of carbonyl (C=O) groups excluding carboxylic acids is 4. The number of esters is 2. The van der Waals surface area contributed by atoms with Crippen LogP contribution in [0, 0.1) is 0 Å². The maximum absolute atomic E-state index is 12.1. The van der Waals surface area contributed by atoms with Crippen LogP contribution in [-0.4, -0.2) is 47.0 Å². The van der Waals surface area contributed by atoms with Crippen molar-refractivity contribution in [2.24, 2.45) is 11.5 Å². The number of amides is 2. The Morgan fingerprint density at radius 3 is 1.63 bits per heavy atom. The van der Waals surface area contributed by atoms with Crippen molar-refractivity contribution in [3.8, 4) is 0 Å². The van der Waals surface area contributed by atoms with Gasteiger partial charge in [0.25, 0.3) is 0 Å². The second-order valence-electron chi connectivity index (χ2n) is 8.32. The minimum Gasteiger partial charge on any atom is -0.460 e. The van der Waals surface area contributed by atoms with Crippen LogP contribution in [0.15, 0.2) is 0 Å². The number of carbonyl (C=O) groups is 4. The summed E-state index contributed by atoms with van der Waals surface area (Å²) in [6.07, 6.45) is -0.0730. The number of primary amides is 1. The molecule has 0 aromatic heterocycles. The molecule has 2 atom stereocenters. The molecule has 156 valence electrons. The number of hydrogen-bond donors (Lipinski definition) is 3. The first-order valence-electron chi connectivity index (χ1n) is 8.89. The molecule has 0 bridgehead atoms. The zero-order valence-electron chi connectivity index (χ0n) is 17.1. The quantitative estimate of drug-likeness (QED) is 0.488. The number of nitrogens with two attached hydrogens (primary N) is 2. The van der Waals surface area contributed by atoms with Crippen molar-refractivity contribution in [2.75, 3.05) is 0 Å². The average molecular weight is 387 g/mol. The summed E-state index contributed by atoms with van der Waals surface area (Å²) in [5.74, 6) is -2.39. The summed E-state index contributed by atoms with van der Waals surface area (Å²) >= 11 is 0. The van der Waals surface area contributed by atoms with E-state index in [0.29, 0.717) is 0 Å². The largest absolute Gasteiger partial charge is 0.460 e. The maximum Gasteiger partial charge on any atom is 0.306 e. The lowest BCUT2D eigenvalue weighted by atomic mass is 10.1. The highest BCUT2D eigenvalue weighted by atomic mass is 16.6. The van der Waals surface area contributed by atoms with Gasteiger partial charge in [-0.15, -0.1) is 0 Å². The molecule has 0 saturated carbocycles. The Morgan fingerprint density at radius 2 is 1.26 bits per heavy atom. The zero-order valence-corrected chi connectivity index (χ0v) is 17.1. The molecule has 0 aliphatic rings. The summed E-state index contributed by atoms with van der Waals surface area (Å²) < 4.78 is 10.3.